The van der Waals surface area contributed by atoms with Crippen LogP contribution in [-0.2, 0) is 17.6 Å². The van der Waals surface area contributed by atoms with Gasteiger partial charge in [0.25, 0.3) is 0 Å². The standard InChI is InChI=1S/C16H18N2OS2/c1-11-6-2-4-8-13(11)20-10-15(19)18-16-17-12-7-3-5-9-14(12)21-16/h2,4,6,8H,3,5,7,9-10H2,1H3,(H,17,18,19). The fraction of sp³-hybridized carbons (Fsp3) is 0.375. The minimum atomic E-state index is 0.0225. The molecule has 1 aliphatic carbocycles. The molecule has 3 rings (SSSR count). The van der Waals surface area contributed by atoms with Gasteiger partial charge in [-0.15, -0.1) is 23.1 Å². The third-order valence-electron chi connectivity index (χ3n) is 3.54. The molecule has 1 heterocycles. The number of anilines is 1. The van der Waals surface area contributed by atoms with Gasteiger partial charge in [0.2, 0.25) is 5.91 Å². The average molecular weight is 318 g/mol. The third-order valence-corrected chi connectivity index (χ3v) is 5.79. The van der Waals surface area contributed by atoms with E-state index in [1.807, 2.05) is 12.1 Å². The van der Waals surface area contributed by atoms with Crippen LogP contribution in [0.5, 0.6) is 0 Å². The summed E-state index contributed by atoms with van der Waals surface area (Å²) in [5, 5.41) is 3.70. The van der Waals surface area contributed by atoms with Gasteiger partial charge >= 0.3 is 0 Å². The first-order chi connectivity index (χ1) is 10.2. The summed E-state index contributed by atoms with van der Waals surface area (Å²) in [6.07, 6.45) is 4.62. The number of nitrogens with zero attached hydrogens (tertiary/aromatic N) is 1. The zero-order chi connectivity index (χ0) is 14.7. The molecular weight excluding hydrogens is 300 g/mol. The fourth-order valence-electron chi connectivity index (χ4n) is 2.42. The maximum Gasteiger partial charge on any atom is 0.236 e. The summed E-state index contributed by atoms with van der Waals surface area (Å²) < 4.78 is 0. The number of benzene rings is 1. The molecule has 0 saturated heterocycles. The Morgan fingerprint density at radius 3 is 2.95 bits per heavy atom. The van der Waals surface area contributed by atoms with E-state index in [1.165, 1.54) is 29.0 Å². The molecule has 0 unspecified atom stereocenters. The molecule has 1 aliphatic rings. The molecule has 5 heteroatoms. The Hall–Kier alpha value is -1.33. The smallest absolute Gasteiger partial charge is 0.236 e. The zero-order valence-corrected chi connectivity index (χ0v) is 13.6. The number of aryl methyl sites for hydroxylation is 3. The second kappa shape index (κ2) is 6.62. The molecule has 3 nitrogen and oxygen atoms in total. The van der Waals surface area contributed by atoms with Gasteiger partial charge in [0.05, 0.1) is 11.4 Å². The first-order valence-corrected chi connectivity index (χ1v) is 8.99. The second-order valence-electron chi connectivity index (χ2n) is 5.20. The lowest BCUT2D eigenvalue weighted by atomic mass is 10.0. The van der Waals surface area contributed by atoms with Crippen LogP contribution in [0.25, 0.3) is 0 Å². The molecule has 1 aromatic carbocycles. The predicted molar refractivity (Wildman–Crippen MR) is 89.3 cm³/mol. The topological polar surface area (TPSA) is 42.0 Å². The molecule has 110 valence electrons. The molecule has 2 aromatic rings. The SMILES string of the molecule is Cc1ccccc1SCC(=O)Nc1nc2c(s1)CCCC2. The maximum atomic E-state index is 12.0. The molecule has 0 atom stereocenters. The molecule has 21 heavy (non-hydrogen) atoms. The predicted octanol–water partition coefficient (Wildman–Crippen LogP) is 4.06. The van der Waals surface area contributed by atoms with E-state index in [0.29, 0.717) is 5.75 Å². The van der Waals surface area contributed by atoms with Crippen LogP contribution in [0.1, 0.15) is 29.0 Å². The highest BCUT2D eigenvalue weighted by Gasteiger charge is 2.16. The summed E-state index contributed by atoms with van der Waals surface area (Å²) in [6.45, 7) is 2.06. The van der Waals surface area contributed by atoms with E-state index in [-0.39, 0.29) is 5.91 Å². The van der Waals surface area contributed by atoms with Crippen LogP contribution < -0.4 is 5.32 Å². The number of hydrogen-bond donors (Lipinski definition) is 1. The van der Waals surface area contributed by atoms with Crippen molar-refractivity contribution in [2.75, 3.05) is 11.1 Å². The Morgan fingerprint density at radius 2 is 2.14 bits per heavy atom. The molecule has 1 N–H and O–H groups in total. The van der Waals surface area contributed by atoms with Crippen LogP contribution in [0.15, 0.2) is 29.2 Å². The number of aromatic nitrogens is 1. The summed E-state index contributed by atoms with van der Waals surface area (Å²) in [5.41, 5.74) is 2.40. The molecule has 1 aromatic heterocycles. The second-order valence-corrected chi connectivity index (χ2v) is 7.30. The van der Waals surface area contributed by atoms with E-state index in [4.69, 9.17) is 0 Å². The lowest BCUT2D eigenvalue weighted by Gasteiger charge is -2.06. The molecule has 0 aliphatic heterocycles. The van der Waals surface area contributed by atoms with Crippen LogP contribution in [0.4, 0.5) is 5.13 Å². The molecule has 1 amide bonds. The van der Waals surface area contributed by atoms with Crippen LogP contribution >= 0.6 is 23.1 Å². The summed E-state index contributed by atoms with van der Waals surface area (Å²) >= 11 is 3.21. The first-order valence-electron chi connectivity index (χ1n) is 7.19. The van der Waals surface area contributed by atoms with Crippen molar-refractivity contribution < 1.29 is 4.79 Å². The highest BCUT2D eigenvalue weighted by molar-refractivity contribution is 8.00. The van der Waals surface area contributed by atoms with Crippen molar-refractivity contribution in [2.24, 2.45) is 0 Å². The number of hydrogen-bond acceptors (Lipinski definition) is 4. The molecule has 0 spiro atoms. The van der Waals surface area contributed by atoms with E-state index < -0.39 is 0 Å². The molecule has 0 bridgehead atoms. The summed E-state index contributed by atoms with van der Waals surface area (Å²) in [4.78, 5) is 19.1. The summed E-state index contributed by atoms with van der Waals surface area (Å²) in [5.74, 6) is 0.448. The number of amides is 1. The Labute approximate surface area is 133 Å². The third kappa shape index (κ3) is 3.66. The maximum absolute atomic E-state index is 12.0. The lowest BCUT2D eigenvalue weighted by Crippen LogP contribution is -2.14. The number of nitrogens with one attached hydrogen (secondary N) is 1. The van der Waals surface area contributed by atoms with Gasteiger partial charge in [-0.2, -0.15) is 0 Å². The monoisotopic (exact) mass is 318 g/mol. The highest BCUT2D eigenvalue weighted by atomic mass is 32.2. The highest BCUT2D eigenvalue weighted by Crippen LogP contribution is 2.30. The number of rotatable bonds is 4. The van der Waals surface area contributed by atoms with E-state index in [1.54, 1.807) is 23.1 Å². The fourth-order valence-corrected chi connectivity index (χ4v) is 4.32. The number of carbonyl (C=O) groups excluding carboxylic acids is 1. The Morgan fingerprint density at radius 1 is 1.33 bits per heavy atom. The number of carbonyl (C=O) groups is 1. The van der Waals surface area contributed by atoms with Crippen molar-refractivity contribution in [2.45, 2.75) is 37.5 Å². The number of thiazole rings is 1. The van der Waals surface area contributed by atoms with E-state index in [2.05, 4.69) is 29.4 Å². The largest absolute Gasteiger partial charge is 0.301 e. The number of fused-ring (bicyclic) bond motifs is 1. The quantitative estimate of drug-likeness (QED) is 0.864. The molecule has 0 saturated carbocycles. The van der Waals surface area contributed by atoms with Crippen molar-refractivity contribution >= 4 is 34.1 Å². The van der Waals surface area contributed by atoms with Gasteiger partial charge in [-0.3, -0.25) is 4.79 Å². The number of thioether (sulfide) groups is 1. The van der Waals surface area contributed by atoms with Crippen molar-refractivity contribution in [1.82, 2.24) is 4.98 Å². The van der Waals surface area contributed by atoms with Crippen molar-refractivity contribution in [3.63, 3.8) is 0 Å². The van der Waals surface area contributed by atoms with Crippen molar-refractivity contribution in [3.05, 3.63) is 40.4 Å². The van der Waals surface area contributed by atoms with Crippen LogP contribution in [-0.4, -0.2) is 16.6 Å². The van der Waals surface area contributed by atoms with Gasteiger partial charge in [-0.25, -0.2) is 4.98 Å². The van der Waals surface area contributed by atoms with Crippen molar-refractivity contribution in [1.29, 1.82) is 0 Å². The minimum absolute atomic E-state index is 0.0225. The Bertz CT molecular complexity index is 628. The van der Waals surface area contributed by atoms with Crippen LogP contribution in [0, 0.1) is 6.92 Å². The van der Waals surface area contributed by atoms with Crippen molar-refractivity contribution in [3.8, 4) is 0 Å². The van der Waals surface area contributed by atoms with E-state index in [9.17, 15) is 4.79 Å². The Balaban J connectivity index is 1.57. The van der Waals surface area contributed by atoms with E-state index >= 15 is 0 Å². The first kappa shape index (κ1) is 14.6. The van der Waals surface area contributed by atoms with Gasteiger partial charge in [-0.05, 0) is 44.2 Å². The van der Waals surface area contributed by atoms with E-state index in [0.717, 1.165) is 22.9 Å². The van der Waals surface area contributed by atoms with Gasteiger partial charge in [0, 0.05) is 9.77 Å². The lowest BCUT2D eigenvalue weighted by molar-refractivity contribution is -0.113. The Kier molecular flexibility index (Phi) is 4.60. The average Bonchev–Trinajstić information content (AvgIpc) is 2.88. The van der Waals surface area contributed by atoms with Gasteiger partial charge in [0.15, 0.2) is 5.13 Å². The molecular formula is C16H18N2OS2. The van der Waals surface area contributed by atoms with Gasteiger partial charge < -0.3 is 5.32 Å². The van der Waals surface area contributed by atoms with Gasteiger partial charge in [0.1, 0.15) is 0 Å². The van der Waals surface area contributed by atoms with Gasteiger partial charge in [-0.1, -0.05) is 18.2 Å². The minimum Gasteiger partial charge on any atom is -0.301 e. The zero-order valence-electron chi connectivity index (χ0n) is 12.0. The summed E-state index contributed by atoms with van der Waals surface area (Å²) in [7, 11) is 0. The molecule has 0 radical (unpaired) electrons. The summed E-state index contributed by atoms with van der Waals surface area (Å²) in [6, 6.07) is 8.13. The van der Waals surface area contributed by atoms with Crippen LogP contribution in [0.3, 0.4) is 0 Å². The normalized spacial score (nSPS) is 13.8. The molecule has 0 fully saturated rings. The van der Waals surface area contributed by atoms with Crippen LogP contribution in [0.2, 0.25) is 0 Å².